The molecule has 0 radical (unpaired) electrons. The average molecular weight is 351 g/mol. The van der Waals surface area contributed by atoms with Gasteiger partial charge < -0.3 is 0 Å². The number of nitro benzene ring substituents is 1. The van der Waals surface area contributed by atoms with Gasteiger partial charge in [0, 0.05) is 28.3 Å². The van der Waals surface area contributed by atoms with Crippen molar-refractivity contribution in [3.05, 3.63) is 62.3 Å². The summed E-state index contributed by atoms with van der Waals surface area (Å²) in [6.45, 7) is 0. The van der Waals surface area contributed by atoms with Crippen LogP contribution in [0.25, 0.3) is 0 Å². The number of nitrogens with one attached hydrogen (secondary N) is 2. The van der Waals surface area contributed by atoms with Gasteiger partial charge in [-0.2, -0.15) is 0 Å². The first-order chi connectivity index (χ1) is 11.1. The maximum absolute atomic E-state index is 11.8. The van der Waals surface area contributed by atoms with Crippen LogP contribution in [-0.2, 0) is 10.5 Å². The van der Waals surface area contributed by atoms with Crippen LogP contribution in [-0.4, -0.2) is 22.5 Å². The Kier molecular flexibility index (Phi) is 6.12. The molecule has 23 heavy (non-hydrogen) atoms. The quantitative estimate of drug-likeness (QED) is 0.614. The van der Waals surface area contributed by atoms with Crippen molar-refractivity contribution in [1.29, 1.82) is 0 Å². The van der Waals surface area contributed by atoms with Crippen LogP contribution < -0.4 is 10.9 Å². The number of hydrazine groups is 1. The minimum Gasteiger partial charge on any atom is -0.272 e. The second-order valence-electron chi connectivity index (χ2n) is 4.38. The van der Waals surface area contributed by atoms with E-state index >= 15 is 0 Å². The fraction of sp³-hybridized carbons (Fsp3) is 0.143. The molecular weight excluding hydrogens is 338 g/mol. The fourth-order valence-electron chi connectivity index (χ4n) is 1.63. The number of benzene rings is 1. The van der Waals surface area contributed by atoms with Crippen LogP contribution >= 0.6 is 23.1 Å². The van der Waals surface area contributed by atoms with E-state index in [1.807, 2.05) is 17.5 Å². The molecule has 0 unspecified atom stereocenters. The Morgan fingerprint density at radius 2 is 2.04 bits per heavy atom. The first kappa shape index (κ1) is 17.0. The van der Waals surface area contributed by atoms with Gasteiger partial charge in [-0.25, -0.2) is 0 Å². The average Bonchev–Trinajstić information content (AvgIpc) is 3.06. The third-order valence-electron chi connectivity index (χ3n) is 2.69. The van der Waals surface area contributed by atoms with E-state index < -0.39 is 10.8 Å². The summed E-state index contributed by atoms with van der Waals surface area (Å²) in [5.74, 6) is -0.0209. The molecule has 0 aliphatic carbocycles. The molecule has 1 heterocycles. The second kappa shape index (κ2) is 8.30. The lowest BCUT2D eigenvalue weighted by Crippen LogP contribution is -2.42. The van der Waals surface area contributed by atoms with Crippen LogP contribution in [0, 0.1) is 10.1 Å². The van der Waals surface area contributed by atoms with E-state index in [4.69, 9.17) is 0 Å². The maximum Gasteiger partial charge on any atom is 0.270 e. The molecule has 0 saturated heterocycles. The van der Waals surface area contributed by atoms with Crippen molar-refractivity contribution in [1.82, 2.24) is 10.9 Å². The number of nitrogens with zero attached hydrogens (tertiary/aromatic N) is 1. The lowest BCUT2D eigenvalue weighted by molar-refractivity contribution is -0.384. The SMILES string of the molecule is O=C(CSCc1cccs1)NNC(=O)c1cccc([N+](=O)[O-])c1. The zero-order valence-electron chi connectivity index (χ0n) is 11.9. The predicted octanol–water partition coefficient (Wildman–Crippen LogP) is 2.35. The number of thioether (sulfide) groups is 1. The van der Waals surface area contributed by atoms with Crippen molar-refractivity contribution in [3.63, 3.8) is 0 Å². The van der Waals surface area contributed by atoms with Gasteiger partial charge in [-0.05, 0) is 17.5 Å². The molecule has 0 spiro atoms. The van der Waals surface area contributed by atoms with Crippen LogP contribution in [0.2, 0.25) is 0 Å². The van der Waals surface area contributed by atoms with Crippen molar-refractivity contribution < 1.29 is 14.5 Å². The van der Waals surface area contributed by atoms with Crippen LogP contribution in [0.5, 0.6) is 0 Å². The van der Waals surface area contributed by atoms with Crippen LogP contribution in [0.15, 0.2) is 41.8 Å². The van der Waals surface area contributed by atoms with Gasteiger partial charge in [-0.3, -0.25) is 30.6 Å². The highest BCUT2D eigenvalue weighted by Gasteiger charge is 2.12. The molecule has 7 nitrogen and oxygen atoms in total. The Balaban J connectivity index is 1.76. The minimum absolute atomic E-state index is 0.103. The van der Waals surface area contributed by atoms with E-state index in [0.717, 1.165) is 11.8 Å². The molecule has 2 amide bonds. The first-order valence-corrected chi connectivity index (χ1v) is 8.53. The molecule has 1 aromatic carbocycles. The van der Waals surface area contributed by atoms with Gasteiger partial charge in [-0.15, -0.1) is 23.1 Å². The topological polar surface area (TPSA) is 101 Å². The molecule has 2 rings (SSSR count). The van der Waals surface area contributed by atoms with Gasteiger partial charge in [0.05, 0.1) is 10.7 Å². The monoisotopic (exact) mass is 351 g/mol. The van der Waals surface area contributed by atoms with Crippen molar-refractivity contribution in [2.24, 2.45) is 0 Å². The summed E-state index contributed by atoms with van der Waals surface area (Å²) in [5.41, 5.74) is 4.44. The van der Waals surface area contributed by atoms with Gasteiger partial charge in [0.1, 0.15) is 0 Å². The lowest BCUT2D eigenvalue weighted by atomic mass is 10.2. The van der Waals surface area contributed by atoms with E-state index in [1.54, 1.807) is 11.3 Å². The Morgan fingerprint density at radius 1 is 1.22 bits per heavy atom. The van der Waals surface area contributed by atoms with Crippen molar-refractivity contribution in [2.45, 2.75) is 5.75 Å². The number of carbonyl (C=O) groups excluding carboxylic acids is 2. The minimum atomic E-state index is -0.606. The summed E-state index contributed by atoms with van der Waals surface area (Å²) in [6, 6.07) is 9.20. The van der Waals surface area contributed by atoms with E-state index in [-0.39, 0.29) is 22.9 Å². The smallest absolute Gasteiger partial charge is 0.270 e. The molecule has 0 saturated carbocycles. The maximum atomic E-state index is 11.8. The van der Waals surface area contributed by atoms with Gasteiger partial charge in [0.25, 0.3) is 11.6 Å². The highest BCUT2D eigenvalue weighted by Crippen LogP contribution is 2.16. The summed E-state index contributed by atoms with van der Waals surface area (Å²) in [5, 5.41) is 12.6. The standard InChI is InChI=1S/C14H13N3O4S2/c18-13(9-22-8-12-5-2-6-23-12)15-16-14(19)10-3-1-4-11(7-10)17(20)21/h1-7H,8-9H2,(H,15,18)(H,16,19). The number of non-ortho nitro benzene ring substituents is 1. The first-order valence-electron chi connectivity index (χ1n) is 6.50. The molecule has 1 aromatic heterocycles. The summed E-state index contributed by atoms with van der Waals surface area (Å²) in [4.78, 5) is 34.7. The molecule has 0 atom stereocenters. The zero-order valence-corrected chi connectivity index (χ0v) is 13.5. The molecule has 0 aliphatic heterocycles. The van der Waals surface area contributed by atoms with Gasteiger partial charge >= 0.3 is 0 Å². The summed E-state index contributed by atoms with van der Waals surface area (Å²) < 4.78 is 0. The van der Waals surface area contributed by atoms with Gasteiger partial charge in [-0.1, -0.05) is 12.1 Å². The summed E-state index contributed by atoms with van der Waals surface area (Å²) >= 11 is 3.05. The van der Waals surface area contributed by atoms with E-state index in [9.17, 15) is 19.7 Å². The van der Waals surface area contributed by atoms with Crippen molar-refractivity contribution in [2.75, 3.05) is 5.75 Å². The number of amides is 2. The zero-order chi connectivity index (χ0) is 16.7. The fourth-order valence-corrected chi connectivity index (χ4v) is 3.30. The Bertz CT molecular complexity index is 704. The van der Waals surface area contributed by atoms with Crippen molar-refractivity contribution >= 4 is 40.6 Å². The molecule has 0 aliphatic rings. The molecule has 120 valence electrons. The van der Waals surface area contributed by atoms with E-state index in [0.29, 0.717) is 0 Å². The molecular formula is C14H13N3O4S2. The van der Waals surface area contributed by atoms with E-state index in [2.05, 4.69) is 10.9 Å². The van der Waals surface area contributed by atoms with Crippen molar-refractivity contribution in [3.8, 4) is 0 Å². The molecule has 2 N–H and O–H groups in total. The molecule has 0 fully saturated rings. The van der Waals surface area contributed by atoms with Crippen LogP contribution in [0.4, 0.5) is 5.69 Å². The Hall–Kier alpha value is -2.39. The third kappa shape index (κ3) is 5.38. The van der Waals surface area contributed by atoms with Crippen LogP contribution in [0.3, 0.4) is 0 Å². The molecule has 9 heteroatoms. The normalized spacial score (nSPS) is 10.1. The Labute approximate surface area is 140 Å². The highest BCUT2D eigenvalue weighted by molar-refractivity contribution is 7.99. The van der Waals surface area contributed by atoms with E-state index in [1.165, 1.54) is 34.8 Å². The lowest BCUT2D eigenvalue weighted by Gasteiger charge is -2.07. The predicted molar refractivity (Wildman–Crippen MR) is 89.2 cm³/mol. The number of carbonyl (C=O) groups is 2. The molecule has 2 aromatic rings. The largest absolute Gasteiger partial charge is 0.272 e. The summed E-state index contributed by atoms with van der Waals surface area (Å²) in [7, 11) is 0. The third-order valence-corrected chi connectivity index (χ3v) is 4.73. The number of nitro groups is 1. The second-order valence-corrected chi connectivity index (χ2v) is 6.40. The summed E-state index contributed by atoms with van der Waals surface area (Å²) in [6.07, 6.45) is 0. The number of hydrogen-bond donors (Lipinski definition) is 2. The van der Waals surface area contributed by atoms with Gasteiger partial charge in [0.2, 0.25) is 5.91 Å². The highest BCUT2D eigenvalue weighted by atomic mass is 32.2. The Morgan fingerprint density at radius 3 is 2.74 bits per heavy atom. The van der Waals surface area contributed by atoms with Gasteiger partial charge in [0.15, 0.2) is 0 Å². The number of thiophene rings is 1. The molecule has 0 bridgehead atoms. The number of hydrogen-bond acceptors (Lipinski definition) is 6. The number of rotatable bonds is 6. The van der Waals surface area contributed by atoms with Crippen LogP contribution in [0.1, 0.15) is 15.2 Å².